The van der Waals surface area contributed by atoms with E-state index < -0.39 is 21.4 Å². The fraction of sp³-hybridized carbons (Fsp3) is 0.133. The number of hydrogen-bond donors (Lipinski definition) is 0. The lowest BCUT2D eigenvalue weighted by atomic mass is 10.2. The van der Waals surface area contributed by atoms with E-state index in [9.17, 15) is 12.8 Å². The lowest BCUT2D eigenvalue weighted by Crippen LogP contribution is -2.31. The summed E-state index contributed by atoms with van der Waals surface area (Å²) in [5.41, 5.74) is 0.0000298. The fourth-order valence-electron chi connectivity index (χ4n) is 2.03. The molecule has 108 valence electrons. The Balaban J connectivity index is 2.62. The van der Waals surface area contributed by atoms with Crippen LogP contribution < -0.4 is 4.31 Å². The van der Waals surface area contributed by atoms with Gasteiger partial charge in [-0.1, -0.05) is 24.3 Å². The molecule has 6 heteroatoms. The van der Waals surface area contributed by atoms with Crippen LogP contribution in [0, 0.1) is 17.1 Å². The lowest BCUT2D eigenvalue weighted by Gasteiger charge is -2.23. The summed E-state index contributed by atoms with van der Waals surface area (Å²) in [5.74, 6) is -0.845. The van der Waals surface area contributed by atoms with Crippen molar-refractivity contribution in [2.45, 2.75) is 11.8 Å². The third kappa shape index (κ3) is 2.73. The maximum atomic E-state index is 13.6. The first-order valence-corrected chi connectivity index (χ1v) is 7.72. The van der Waals surface area contributed by atoms with Crippen molar-refractivity contribution in [1.82, 2.24) is 0 Å². The van der Waals surface area contributed by atoms with Gasteiger partial charge in [-0.2, -0.15) is 5.26 Å². The second-order valence-electron chi connectivity index (χ2n) is 4.23. The number of anilines is 1. The first-order chi connectivity index (χ1) is 10.0. The molecule has 4 nitrogen and oxygen atoms in total. The highest BCUT2D eigenvalue weighted by Gasteiger charge is 2.27. The fourth-order valence-corrected chi connectivity index (χ4v) is 3.66. The van der Waals surface area contributed by atoms with Crippen molar-refractivity contribution in [2.75, 3.05) is 10.8 Å². The predicted molar refractivity (Wildman–Crippen MR) is 77.8 cm³/mol. The average molecular weight is 304 g/mol. The number of benzene rings is 2. The zero-order valence-corrected chi connectivity index (χ0v) is 12.1. The summed E-state index contributed by atoms with van der Waals surface area (Å²) in [6, 6.07) is 13.7. The first-order valence-electron chi connectivity index (χ1n) is 6.28. The van der Waals surface area contributed by atoms with Crippen molar-refractivity contribution in [2.24, 2.45) is 0 Å². The largest absolute Gasteiger partial charge is 0.267 e. The number of para-hydroxylation sites is 1. The maximum absolute atomic E-state index is 13.6. The van der Waals surface area contributed by atoms with Crippen LogP contribution in [0.1, 0.15) is 12.5 Å². The quantitative estimate of drug-likeness (QED) is 0.872. The minimum absolute atomic E-state index is 0.174. The molecule has 0 saturated heterocycles. The molecule has 0 bridgehead atoms. The van der Waals surface area contributed by atoms with Gasteiger partial charge in [0, 0.05) is 6.54 Å². The van der Waals surface area contributed by atoms with Crippen LogP contribution in [0.5, 0.6) is 0 Å². The van der Waals surface area contributed by atoms with Crippen LogP contribution in [0.15, 0.2) is 53.4 Å². The lowest BCUT2D eigenvalue weighted by molar-refractivity contribution is 0.585. The molecule has 0 N–H and O–H groups in total. The van der Waals surface area contributed by atoms with Gasteiger partial charge in [-0.25, -0.2) is 12.8 Å². The highest BCUT2D eigenvalue weighted by atomic mass is 32.2. The Morgan fingerprint density at radius 3 is 2.38 bits per heavy atom. The van der Waals surface area contributed by atoms with Crippen LogP contribution in [0.2, 0.25) is 0 Å². The monoisotopic (exact) mass is 304 g/mol. The molecule has 0 atom stereocenters. The number of rotatable bonds is 4. The van der Waals surface area contributed by atoms with Crippen LogP contribution >= 0.6 is 0 Å². The summed E-state index contributed by atoms with van der Waals surface area (Å²) in [7, 11) is -4.00. The van der Waals surface area contributed by atoms with Crippen molar-refractivity contribution in [3.05, 3.63) is 59.9 Å². The molecular weight excluding hydrogens is 291 g/mol. The molecule has 0 aliphatic carbocycles. The van der Waals surface area contributed by atoms with Crippen molar-refractivity contribution in [3.63, 3.8) is 0 Å². The third-order valence-corrected chi connectivity index (χ3v) is 4.93. The second-order valence-corrected chi connectivity index (χ2v) is 6.06. The highest BCUT2D eigenvalue weighted by molar-refractivity contribution is 7.92. The maximum Gasteiger partial charge on any atom is 0.265 e. The van der Waals surface area contributed by atoms with E-state index in [2.05, 4.69) is 0 Å². The smallest absolute Gasteiger partial charge is 0.265 e. The van der Waals surface area contributed by atoms with E-state index in [-0.39, 0.29) is 11.4 Å². The van der Waals surface area contributed by atoms with E-state index in [0.717, 1.165) is 10.4 Å². The van der Waals surface area contributed by atoms with Gasteiger partial charge < -0.3 is 0 Å². The van der Waals surface area contributed by atoms with Crippen LogP contribution in [-0.4, -0.2) is 15.0 Å². The number of nitrogens with zero attached hydrogens (tertiary/aromatic N) is 2. The van der Waals surface area contributed by atoms with Crippen molar-refractivity contribution in [3.8, 4) is 6.07 Å². The molecule has 0 aliphatic rings. The summed E-state index contributed by atoms with van der Waals surface area (Å²) in [4.78, 5) is -0.323. The van der Waals surface area contributed by atoms with Crippen molar-refractivity contribution in [1.29, 1.82) is 5.26 Å². The summed E-state index contributed by atoms with van der Waals surface area (Å²) < 4.78 is 40.2. The van der Waals surface area contributed by atoms with Gasteiger partial charge >= 0.3 is 0 Å². The van der Waals surface area contributed by atoms with Gasteiger partial charge in [-0.15, -0.1) is 0 Å². The Hall–Kier alpha value is -2.39. The minimum atomic E-state index is -4.00. The van der Waals surface area contributed by atoms with Crippen LogP contribution in [0.4, 0.5) is 10.1 Å². The number of sulfonamides is 1. The van der Waals surface area contributed by atoms with Crippen LogP contribution in [0.3, 0.4) is 0 Å². The molecule has 0 radical (unpaired) electrons. The third-order valence-electron chi connectivity index (χ3n) is 2.99. The van der Waals surface area contributed by atoms with Crippen molar-refractivity contribution >= 4 is 15.7 Å². The van der Waals surface area contributed by atoms with Gasteiger partial charge in [-0.05, 0) is 31.2 Å². The molecule has 0 heterocycles. The van der Waals surface area contributed by atoms with E-state index in [4.69, 9.17) is 5.26 Å². The summed E-state index contributed by atoms with van der Waals surface area (Å²) >= 11 is 0. The van der Waals surface area contributed by atoms with Crippen LogP contribution in [-0.2, 0) is 10.0 Å². The number of hydrogen-bond acceptors (Lipinski definition) is 3. The van der Waals surface area contributed by atoms with Gasteiger partial charge in [-0.3, -0.25) is 4.31 Å². The molecular formula is C15H13FN2O2S. The molecule has 0 unspecified atom stereocenters. The molecule has 0 saturated carbocycles. The average Bonchev–Trinajstić information content (AvgIpc) is 2.48. The van der Waals surface area contributed by atoms with E-state index in [1.807, 2.05) is 0 Å². The Kier molecular flexibility index (Phi) is 4.24. The Morgan fingerprint density at radius 2 is 1.81 bits per heavy atom. The molecule has 0 spiro atoms. The van der Waals surface area contributed by atoms with E-state index in [1.165, 1.54) is 12.1 Å². The Morgan fingerprint density at radius 1 is 1.14 bits per heavy atom. The summed E-state index contributed by atoms with van der Waals surface area (Å²) in [6.45, 7) is 1.85. The second kappa shape index (κ2) is 5.94. The van der Waals surface area contributed by atoms with E-state index in [0.29, 0.717) is 5.69 Å². The topological polar surface area (TPSA) is 61.2 Å². The molecule has 21 heavy (non-hydrogen) atoms. The Bertz CT molecular complexity index is 783. The zero-order chi connectivity index (χ0) is 15.5. The highest BCUT2D eigenvalue weighted by Crippen LogP contribution is 2.26. The van der Waals surface area contributed by atoms with Crippen LogP contribution in [0.25, 0.3) is 0 Å². The first kappa shape index (κ1) is 15.0. The normalized spacial score (nSPS) is 10.9. The van der Waals surface area contributed by atoms with E-state index in [1.54, 1.807) is 43.3 Å². The Labute approximate surface area is 123 Å². The molecule has 2 rings (SSSR count). The van der Waals surface area contributed by atoms with Crippen molar-refractivity contribution < 1.29 is 12.8 Å². The summed E-state index contributed by atoms with van der Waals surface area (Å²) in [5, 5.41) is 9.01. The standard InChI is InChI=1S/C15H13FN2O2S/c1-2-18(12-7-4-3-5-8-12)21(19,20)15-10-6-9-14(16)13(15)11-17/h3-10H,2H2,1H3. The SMILES string of the molecule is CCN(c1ccccc1)S(=O)(=O)c1cccc(F)c1C#N. The van der Waals surface area contributed by atoms with Gasteiger partial charge in [0.15, 0.2) is 0 Å². The van der Waals surface area contributed by atoms with Gasteiger partial charge in [0.2, 0.25) is 0 Å². The zero-order valence-electron chi connectivity index (χ0n) is 11.3. The number of nitriles is 1. The summed E-state index contributed by atoms with van der Waals surface area (Å²) in [6.07, 6.45) is 0. The molecule has 0 aromatic heterocycles. The van der Waals surface area contributed by atoms with Gasteiger partial charge in [0.25, 0.3) is 10.0 Å². The van der Waals surface area contributed by atoms with E-state index >= 15 is 0 Å². The molecule has 0 fully saturated rings. The molecule has 2 aromatic carbocycles. The number of halogens is 1. The molecule has 0 amide bonds. The van der Waals surface area contributed by atoms with Gasteiger partial charge in [0.1, 0.15) is 22.3 Å². The predicted octanol–water partition coefficient (Wildman–Crippen LogP) is 2.91. The van der Waals surface area contributed by atoms with Gasteiger partial charge in [0.05, 0.1) is 5.69 Å². The molecule has 0 aliphatic heterocycles. The molecule has 2 aromatic rings. The minimum Gasteiger partial charge on any atom is -0.267 e.